The summed E-state index contributed by atoms with van der Waals surface area (Å²) in [5.74, 6) is 0.793. The molecule has 0 saturated heterocycles. The predicted octanol–water partition coefficient (Wildman–Crippen LogP) is 0.957. The van der Waals surface area contributed by atoms with Crippen molar-refractivity contribution in [2.45, 2.75) is 0 Å². The molecule has 0 N–H and O–H groups in total. The van der Waals surface area contributed by atoms with Crippen molar-refractivity contribution in [2.24, 2.45) is 7.05 Å². The Morgan fingerprint density at radius 3 is 3.10 bits per heavy atom. The number of nitrogens with zero attached hydrogens (tertiary/aromatic N) is 3. The van der Waals surface area contributed by atoms with Crippen molar-refractivity contribution in [3.8, 4) is 6.07 Å². The van der Waals surface area contributed by atoms with Gasteiger partial charge in [0, 0.05) is 25.5 Å². The average Bonchev–Trinajstić information content (AvgIpc) is 2.31. The third-order valence-corrected chi connectivity index (χ3v) is 1.17. The van der Waals surface area contributed by atoms with Crippen molar-refractivity contribution in [3.05, 3.63) is 24.3 Å². The molecule has 0 radical (unpaired) electrons. The Bertz CT molecular complexity index is 277. The van der Waals surface area contributed by atoms with Crippen LogP contribution in [-0.4, -0.2) is 9.55 Å². The van der Waals surface area contributed by atoms with E-state index in [0.717, 1.165) is 5.82 Å². The molecule has 3 nitrogen and oxygen atoms in total. The molecule has 3 heteroatoms. The topological polar surface area (TPSA) is 41.6 Å². The fourth-order valence-corrected chi connectivity index (χ4v) is 0.650. The van der Waals surface area contributed by atoms with E-state index in [1.54, 1.807) is 12.3 Å². The average molecular weight is 133 g/mol. The number of allylic oxidation sites excluding steroid dienone is 1. The first-order valence-corrected chi connectivity index (χ1v) is 2.88. The minimum absolute atomic E-state index is 0.793. The van der Waals surface area contributed by atoms with E-state index in [-0.39, 0.29) is 0 Å². The molecule has 0 aliphatic rings. The highest BCUT2D eigenvalue weighted by atomic mass is 15.0. The number of aromatic nitrogens is 2. The van der Waals surface area contributed by atoms with E-state index in [2.05, 4.69) is 4.98 Å². The van der Waals surface area contributed by atoms with E-state index in [1.807, 2.05) is 23.9 Å². The van der Waals surface area contributed by atoms with Gasteiger partial charge in [0.1, 0.15) is 5.82 Å². The van der Waals surface area contributed by atoms with E-state index >= 15 is 0 Å². The number of hydrogen-bond acceptors (Lipinski definition) is 2. The van der Waals surface area contributed by atoms with E-state index < -0.39 is 0 Å². The van der Waals surface area contributed by atoms with Crippen molar-refractivity contribution in [2.75, 3.05) is 0 Å². The minimum atomic E-state index is 0.793. The standard InChI is InChI=1S/C7H7N3/c1-10-6-5-9-7(10)3-2-4-8/h2-3,5-6H,1H3/b3-2-. The molecule has 0 bridgehead atoms. The van der Waals surface area contributed by atoms with Crippen LogP contribution in [0, 0.1) is 11.3 Å². The van der Waals surface area contributed by atoms with Crippen molar-refractivity contribution in [3.63, 3.8) is 0 Å². The number of rotatable bonds is 1. The SMILES string of the molecule is Cn1ccnc1/C=C\C#N. The van der Waals surface area contributed by atoms with Crippen molar-refractivity contribution >= 4 is 6.08 Å². The number of imidazole rings is 1. The lowest BCUT2D eigenvalue weighted by atomic mass is 10.5. The molecule has 0 aromatic carbocycles. The molecule has 0 aliphatic carbocycles. The highest BCUT2D eigenvalue weighted by Gasteiger charge is 1.89. The number of nitriles is 1. The van der Waals surface area contributed by atoms with Gasteiger partial charge >= 0.3 is 0 Å². The molecule has 0 aliphatic heterocycles. The first-order chi connectivity index (χ1) is 4.84. The zero-order valence-electron chi connectivity index (χ0n) is 5.65. The summed E-state index contributed by atoms with van der Waals surface area (Å²) < 4.78 is 1.84. The minimum Gasteiger partial charge on any atom is -0.335 e. The number of hydrogen-bond donors (Lipinski definition) is 0. The van der Waals surface area contributed by atoms with Gasteiger partial charge < -0.3 is 4.57 Å². The quantitative estimate of drug-likeness (QED) is 0.535. The molecule has 0 amide bonds. The second-order valence-electron chi connectivity index (χ2n) is 1.86. The van der Waals surface area contributed by atoms with Crippen LogP contribution in [0.3, 0.4) is 0 Å². The Balaban J connectivity index is 2.87. The monoisotopic (exact) mass is 133 g/mol. The Morgan fingerprint density at radius 2 is 2.60 bits per heavy atom. The van der Waals surface area contributed by atoms with Gasteiger partial charge in [-0.05, 0) is 6.08 Å². The van der Waals surface area contributed by atoms with Gasteiger partial charge in [-0.25, -0.2) is 4.98 Å². The maximum absolute atomic E-state index is 8.18. The molecule has 0 saturated carbocycles. The smallest absolute Gasteiger partial charge is 0.133 e. The van der Waals surface area contributed by atoms with Crippen LogP contribution in [0.4, 0.5) is 0 Å². The Morgan fingerprint density at radius 1 is 1.80 bits per heavy atom. The number of aryl methyl sites for hydroxylation is 1. The van der Waals surface area contributed by atoms with Crippen LogP contribution in [-0.2, 0) is 7.05 Å². The van der Waals surface area contributed by atoms with Crippen molar-refractivity contribution in [1.82, 2.24) is 9.55 Å². The van der Waals surface area contributed by atoms with E-state index in [9.17, 15) is 0 Å². The summed E-state index contributed by atoms with van der Waals surface area (Å²) in [6, 6.07) is 1.90. The summed E-state index contributed by atoms with van der Waals surface area (Å²) in [6.45, 7) is 0. The van der Waals surface area contributed by atoms with Gasteiger partial charge in [-0.2, -0.15) is 5.26 Å². The highest BCUT2D eigenvalue weighted by Crippen LogP contribution is 1.95. The lowest BCUT2D eigenvalue weighted by molar-refractivity contribution is 0.897. The molecule has 1 aromatic heterocycles. The van der Waals surface area contributed by atoms with Crippen LogP contribution in [0.5, 0.6) is 0 Å². The van der Waals surface area contributed by atoms with Gasteiger partial charge in [0.15, 0.2) is 0 Å². The summed E-state index contributed by atoms with van der Waals surface area (Å²) in [4.78, 5) is 3.98. The molecule has 1 aromatic rings. The van der Waals surface area contributed by atoms with Crippen LogP contribution in [0.15, 0.2) is 18.5 Å². The van der Waals surface area contributed by atoms with E-state index in [0.29, 0.717) is 0 Å². The van der Waals surface area contributed by atoms with Gasteiger partial charge in [0.05, 0.1) is 6.07 Å². The van der Waals surface area contributed by atoms with Gasteiger partial charge in [-0.1, -0.05) is 0 Å². The maximum Gasteiger partial charge on any atom is 0.133 e. The summed E-state index contributed by atoms with van der Waals surface area (Å²) in [7, 11) is 1.88. The van der Waals surface area contributed by atoms with Crippen molar-refractivity contribution in [1.29, 1.82) is 5.26 Å². The summed E-state index contributed by atoms with van der Waals surface area (Å²) in [6.07, 6.45) is 6.59. The molecule has 1 heterocycles. The summed E-state index contributed by atoms with van der Waals surface area (Å²) >= 11 is 0. The molecule has 0 unspecified atom stereocenters. The van der Waals surface area contributed by atoms with Gasteiger partial charge in [0.25, 0.3) is 0 Å². The summed E-state index contributed by atoms with van der Waals surface area (Å²) in [5, 5.41) is 8.18. The molecular formula is C7H7N3. The first kappa shape index (κ1) is 6.56. The lowest BCUT2D eigenvalue weighted by Crippen LogP contribution is -1.88. The van der Waals surface area contributed by atoms with Gasteiger partial charge in [0.2, 0.25) is 0 Å². The van der Waals surface area contributed by atoms with Crippen LogP contribution in [0.2, 0.25) is 0 Å². The molecular weight excluding hydrogens is 126 g/mol. The molecule has 10 heavy (non-hydrogen) atoms. The normalized spacial score (nSPS) is 10.0. The Kier molecular flexibility index (Phi) is 1.86. The van der Waals surface area contributed by atoms with E-state index in [1.165, 1.54) is 6.08 Å². The largest absolute Gasteiger partial charge is 0.335 e. The highest BCUT2D eigenvalue weighted by molar-refractivity contribution is 5.43. The molecule has 0 spiro atoms. The second kappa shape index (κ2) is 2.83. The van der Waals surface area contributed by atoms with Gasteiger partial charge in [-0.3, -0.25) is 0 Å². The van der Waals surface area contributed by atoms with E-state index in [4.69, 9.17) is 5.26 Å². The first-order valence-electron chi connectivity index (χ1n) is 2.88. The third kappa shape index (κ3) is 1.23. The maximum atomic E-state index is 8.18. The molecule has 1 rings (SSSR count). The Hall–Kier alpha value is -1.56. The molecule has 0 fully saturated rings. The second-order valence-corrected chi connectivity index (χ2v) is 1.86. The predicted molar refractivity (Wildman–Crippen MR) is 37.9 cm³/mol. The third-order valence-electron chi connectivity index (χ3n) is 1.17. The van der Waals surface area contributed by atoms with Crippen LogP contribution >= 0.6 is 0 Å². The van der Waals surface area contributed by atoms with Gasteiger partial charge in [-0.15, -0.1) is 0 Å². The molecule has 50 valence electrons. The zero-order valence-corrected chi connectivity index (χ0v) is 5.65. The van der Waals surface area contributed by atoms with Crippen LogP contribution < -0.4 is 0 Å². The van der Waals surface area contributed by atoms with Crippen LogP contribution in [0.1, 0.15) is 5.82 Å². The van der Waals surface area contributed by atoms with Crippen LogP contribution in [0.25, 0.3) is 6.08 Å². The summed E-state index contributed by atoms with van der Waals surface area (Å²) in [5.41, 5.74) is 0. The fourth-order valence-electron chi connectivity index (χ4n) is 0.650. The Labute approximate surface area is 59.2 Å². The lowest BCUT2D eigenvalue weighted by Gasteiger charge is -1.89. The zero-order chi connectivity index (χ0) is 7.40. The van der Waals surface area contributed by atoms with Crippen molar-refractivity contribution < 1.29 is 0 Å². The fraction of sp³-hybridized carbons (Fsp3) is 0.143. The molecule has 0 atom stereocenters.